The molecule has 1 saturated heterocycles. The summed E-state index contributed by atoms with van der Waals surface area (Å²) >= 11 is 0. The Kier molecular flexibility index (Phi) is 5.20. The maximum Gasteiger partial charge on any atom is 0.261 e. The van der Waals surface area contributed by atoms with Crippen LogP contribution in [0.4, 0.5) is 10.1 Å². The van der Waals surface area contributed by atoms with E-state index in [-0.39, 0.29) is 27.7 Å². The van der Waals surface area contributed by atoms with E-state index < -0.39 is 37.6 Å². The molecule has 0 spiro atoms. The van der Waals surface area contributed by atoms with E-state index in [2.05, 4.69) is 10.0 Å². The number of benzene rings is 2. The molecule has 2 aromatic rings. The molecule has 0 saturated carbocycles. The number of sulfone groups is 1. The van der Waals surface area contributed by atoms with Gasteiger partial charge in [0, 0.05) is 17.3 Å². The van der Waals surface area contributed by atoms with Crippen LogP contribution in [0, 0.1) is 5.82 Å². The highest BCUT2D eigenvalue weighted by Crippen LogP contribution is 2.18. The topological polar surface area (TPSA) is 109 Å². The molecule has 3 rings (SSSR count). The van der Waals surface area contributed by atoms with Crippen molar-refractivity contribution in [2.75, 3.05) is 16.2 Å². The van der Waals surface area contributed by atoms with E-state index in [0.717, 1.165) is 24.3 Å². The summed E-state index contributed by atoms with van der Waals surface area (Å²) in [6, 6.07) is 9.67. The highest BCUT2D eigenvalue weighted by Gasteiger charge is 2.29. The van der Waals surface area contributed by atoms with E-state index in [1.165, 1.54) is 24.3 Å². The van der Waals surface area contributed by atoms with Crippen LogP contribution in [0.2, 0.25) is 0 Å². The molecule has 1 atom stereocenters. The van der Waals surface area contributed by atoms with Crippen LogP contribution in [-0.2, 0) is 19.9 Å². The minimum absolute atomic E-state index is 0.0576. The Labute approximate surface area is 156 Å². The van der Waals surface area contributed by atoms with Crippen LogP contribution in [-0.4, -0.2) is 40.3 Å². The molecule has 0 aliphatic carbocycles. The van der Waals surface area contributed by atoms with Crippen molar-refractivity contribution < 1.29 is 26.0 Å². The maximum absolute atomic E-state index is 12.9. The molecular formula is C17H17FN2O5S2. The third-order valence-corrected chi connectivity index (χ3v) is 7.26. The largest absolute Gasteiger partial charge is 0.348 e. The zero-order chi connectivity index (χ0) is 19.7. The molecule has 27 heavy (non-hydrogen) atoms. The van der Waals surface area contributed by atoms with Crippen molar-refractivity contribution in [3.63, 3.8) is 0 Å². The van der Waals surface area contributed by atoms with Gasteiger partial charge in [-0.15, -0.1) is 0 Å². The van der Waals surface area contributed by atoms with Crippen molar-refractivity contribution >= 4 is 31.5 Å². The summed E-state index contributed by atoms with van der Waals surface area (Å²) in [5, 5.41) is 2.66. The first-order valence-corrected chi connectivity index (χ1v) is 11.3. The highest BCUT2D eigenvalue weighted by molar-refractivity contribution is 7.92. The Morgan fingerprint density at radius 2 is 1.67 bits per heavy atom. The minimum atomic E-state index is -3.88. The maximum atomic E-state index is 12.9. The molecule has 0 radical (unpaired) electrons. The van der Waals surface area contributed by atoms with E-state index >= 15 is 0 Å². The number of amides is 1. The molecule has 0 bridgehead atoms. The van der Waals surface area contributed by atoms with Crippen LogP contribution in [0.3, 0.4) is 0 Å². The fourth-order valence-electron chi connectivity index (χ4n) is 2.70. The summed E-state index contributed by atoms with van der Waals surface area (Å²) in [4.78, 5) is 12.1. The second kappa shape index (κ2) is 7.28. The Morgan fingerprint density at radius 3 is 2.22 bits per heavy atom. The van der Waals surface area contributed by atoms with Gasteiger partial charge in [-0.1, -0.05) is 0 Å². The molecule has 144 valence electrons. The zero-order valence-electron chi connectivity index (χ0n) is 14.1. The first-order chi connectivity index (χ1) is 12.6. The molecule has 1 amide bonds. The van der Waals surface area contributed by atoms with E-state index in [1.54, 1.807) is 0 Å². The van der Waals surface area contributed by atoms with Crippen molar-refractivity contribution in [1.82, 2.24) is 5.32 Å². The molecule has 7 nitrogen and oxygen atoms in total. The summed E-state index contributed by atoms with van der Waals surface area (Å²) in [5.74, 6) is -0.986. The zero-order valence-corrected chi connectivity index (χ0v) is 15.7. The molecule has 1 aliphatic rings. The van der Waals surface area contributed by atoms with Crippen molar-refractivity contribution in [2.45, 2.75) is 17.4 Å². The van der Waals surface area contributed by atoms with Crippen LogP contribution < -0.4 is 10.0 Å². The second-order valence-electron chi connectivity index (χ2n) is 6.21. The van der Waals surface area contributed by atoms with Crippen LogP contribution in [0.15, 0.2) is 53.4 Å². The van der Waals surface area contributed by atoms with Gasteiger partial charge in [0.05, 0.1) is 16.4 Å². The van der Waals surface area contributed by atoms with Gasteiger partial charge in [-0.05, 0) is 55.0 Å². The molecule has 10 heteroatoms. The van der Waals surface area contributed by atoms with Gasteiger partial charge in [0.2, 0.25) is 0 Å². The minimum Gasteiger partial charge on any atom is -0.348 e. The molecular weight excluding hydrogens is 395 g/mol. The average Bonchev–Trinajstić information content (AvgIpc) is 2.94. The van der Waals surface area contributed by atoms with Crippen molar-refractivity contribution in [1.29, 1.82) is 0 Å². The monoisotopic (exact) mass is 412 g/mol. The number of anilines is 1. The number of rotatable bonds is 5. The Hall–Kier alpha value is -2.46. The molecule has 1 heterocycles. The predicted molar refractivity (Wildman–Crippen MR) is 98.2 cm³/mol. The SMILES string of the molecule is O=C(N[C@@H]1CCS(=O)(=O)C1)c1ccc(NS(=O)(=O)c2ccc(F)cc2)cc1. The van der Waals surface area contributed by atoms with Gasteiger partial charge in [-0.2, -0.15) is 0 Å². The Balaban J connectivity index is 1.66. The first-order valence-electron chi connectivity index (χ1n) is 8.04. The number of halogens is 1. The van der Waals surface area contributed by atoms with Gasteiger partial charge in [0.15, 0.2) is 9.84 Å². The lowest BCUT2D eigenvalue weighted by atomic mass is 10.1. The van der Waals surface area contributed by atoms with Crippen LogP contribution in [0.1, 0.15) is 16.8 Å². The lowest BCUT2D eigenvalue weighted by molar-refractivity contribution is 0.0941. The highest BCUT2D eigenvalue weighted by atomic mass is 32.2. The molecule has 2 aromatic carbocycles. The van der Waals surface area contributed by atoms with Gasteiger partial charge < -0.3 is 5.32 Å². The van der Waals surface area contributed by atoms with Crippen LogP contribution in [0.25, 0.3) is 0 Å². The fraction of sp³-hybridized carbons (Fsp3) is 0.235. The number of nitrogens with one attached hydrogen (secondary N) is 2. The number of hydrogen-bond acceptors (Lipinski definition) is 5. The number of hydrogen-bond donors (Lipinski definition) is 2. The van der Waals surface area contributed by atoms with E-state index in [0.29, 0.717) is 6.42 Å². The summed E-state index contributed by atoms with van der Waals surface area (Å²) in [5.41, 5.74) is 0.517. The second-order valence-corrected chi connectivity index (χ2v) is 10.1. The Morgan fingerprint density at radius 1 is 1.04 bits per heavy atom. The third-order valence-electron chi connectivity index (χ3n) is 4.09. The van der Waals surface area contributed by atoms with Gasteiger partial charge >= 0.3 is 0 Å². The van der Waals surface area contributed by atoms with Gasteiger partial charge in [0.1, 0.15) is 5.82 Å². The first kappa shape index (κ1) is 19.3. The summed E-state index contributed by atoms with van der Waals surface area (Å²) in [6.45, 7) is 0. The third kappa shape index (κ3) is 4.83. The van der Waals surface area contributed by atoms with Crippen molar-refractivity contribution in [2.24, 2.45) is 0 Å². The predicted octanol–water partition coefficient (Wildman–Crippen LogP) is 1.54. The Bertz CT molecular complexity index is 1050. The number of carbonyl (C=O) groups is 1. The molecule has 1 fully saturated rings. The lowest BCUT2D eigenvalue weighted by Gasteiger charge is -2.12. The number of sulfonamides is 1. The summed E-state index contributed by atoms with van der Waals surface area (Å²) in [7, 11) is -6.97. The quantitative estimate of drug-likeness (QED) is 0.774. The van der Waals surface area contributed by atoms with Crippen molar-refractivity contribution in [3.05, 3.63) is 59.9 Å². The lowest BCUT2D eigenvalue weighted by Crippen LogP contribution is -2.35. The summed E-state index contributed by atoms with van der Waals surface area (Å²) < 4.78 is 62.6. The molecule has 0 aromatic heterocycles. The van der Waals surface area contributed by atoms with E-state index in [4.69, 9.17) is 0 Å². The van der Waals surface area contributed by atoms with Crippen LogP contribution in [0.5, 0.6) is 0 Å². The van der Waals surface area contributed by atoms with Gasteiger partial charge in [-0.3, -0.25) is 9.52 Å². The smallest absolute Gasteiger partial charge is 0.261 e. The normalized spacial score (nSPS) is 18.8. The van der Waals surface area contributed by atoms with Gasteiger partial charge in [0.25, 0.3) is 15.9 Å². The van der Waals surface area contributed by atoms with E-state index in [9.17, 15) is 26.0 Å². The molecule has 0 unspecified atom stereocenters. The molecule has 1 aliphatic heterocycles. The van der Waals surface area contributed by atoms with Crippen LogP contribution >= 0.6 is 0 Å². The fourth-order valence-corrected chi connectivity index (χ4v) is 5.43. The standard InChI is InChI=1S/C17H17FN2O5S2/c18-13-3-7-16(8-4-13)27(24,25)20-14-5-1-12(2-6-14)17(21)19-15-9-10-26(22,23)11-15/h1-8,15,20H,9-11H2,(H,19,21)/t15-/m1/s1. The van der Waals surface area contributed by atoms with E-state index in [1.807, 2.05) is 0 Å². The molecule has 2 N–H and O–H groups in total. The van der Waals surface area contributed by atoms with Crippen molar-refractivity contribution in [3.8, 4) is 0 Å². The summed E-state index contributed by atoms with van der Waals surface area (Å²) in [6.07, 6.45) is 0.379. The average molecular weight is 412 g/mol. The van der Waals surface area contributed by atoms with Gasteiger partial charge in [-0.25, -0.2) is 21.2 Å². The number of carbonyl (C=O) groups excluding carboxylic acids is 1.